The van der Waals surface area contributed by atoms with E-state index in [4.69, 9.17) is 4.74 Å². The van der Waals surface area contributed by atoms with Gasteiger partial charge in [-0.15, -0.1) is 0 Å². The highest BCUT2D eigenvalue weighted by atomic mass is 16.5. The molecule has 0 aromatic heterocycles. The van der Waals surface area contributed by atoms with Crippen LogP contribution in [0.3, 0.4) is 0 Å². The average molecular weight is 541 g/mol. The van der Waals surface area contributed by atoms with Crippen molar-refractivity contribution in [2.45, 2.75) is 139 Å². The molecule has 5 rings (SSSR count). The smallest absolute Gasteiger partial charge is 0.311 e. The molecular weight excluding hydrogens is 480 g/mol. The molecule has 0 bridgehead atoms. The third kappa shape index (κ3) is 4.00. The molecule has 0 aliphatic heterocycles. The number of aliphatic hydroxyl groups is 1. The minimum atomic E-state index is -0.414. The highest BCUT2D eigenvalue weighted by Gasteiger charge is 2.71. The molecule has 3 heteroatoms. The van der Waals surface area contributed by atoms with Crippen molar-refractivity contribution in [1.82, 2.24) is 0 Å². The highest BCUT2D eigenvalue weighted by molar-refractivity contribution is 5.75. The summed E-state index contributed by atoms with van der Waals surface area (Å²) in [6.07, 6.45) is 12.7. The van der Waals surface area contributed by atoms with Gasteiger partial charge in [-0.1, -0.05) is 53.7 Å². The Bertz CT molecular complexity index is 995. The van der Waals surface area contributed by atoms with Gasteiger partial charge in [0.2, 0.25) is 0 Å². The summed E-state index contributed by atoms with van der Waals surface area (Å²) in [7, 11) is 0. The van der Waals surface area contributed by atoms with Crippen molar-refractivity contribution in [3.05, 3.63) is 12.2 Å². The minimum Gasteiger partial charge on any atom is -0.465 e. The summed E-state index contributed by atoms with van der Waals surface area (Å²) in [6, 6.07) is 0. The van der Waals surface area contributed by atoms with Crippen molar-refractivity contribution in [1.29, 1.82) is 0 Å². The van der Waals surface area contributed by atoms with E-state index in [1.54, 1.807) is 0 Å². The molecule has 5 fully saturated rings. The number of carbonyl (C=O) groups is 1. The number of aliphatic hydroxyl groups excluding tert-OH is 1. The molecule has 0 aromatic carbocycles. The Balaban J connectivity index is 1.48. The fraction of sp³-hybridized carbons (Fsp3) is 0.917. The van der Waals surface area contributed by atoms with E-state index in [9.17, 15) is 9.90 Å². The first kappa shape index (κ1) is 29.7. The summed E-state index contributed by atoms with van der Waals surface area (Å²) in [5.74, 6) is 3.08. The third-order valence-corrected chi connectivity index (χ3v) is 15.1. The van der Waals surface area contributed by atoms with E-state index in [1.807, 2.05) is 13.8 Å². The van der Waals surface area contributed by atoms with Gasteiger partial charge >= 0.3 is 5.97 Å². The first-order chi connectivity index (χ1) is 18.0. The van der Waals surface area contributed by atoms with E-state index in [0.717, 1.165) is 18.8 Å². The number of rotatable bonds is 5. The second kappa shape index (κ2) is 9.34. The molecule has 0 aromatic rings. The Morgan fingerprint density at radius 2 is 1.59 bits per heavy atom. The topological polar surface area (TPSA) is 46.5 Å². The van der Waals surface area contributed by atoms with Crippen LogP contribution in [0, 0.1) is 62.1 Å². The average Bonchev–Trinajstić information content (AvgIpc) is 3.25. The van der Waals surface area contributed by atoms with Crippen molar-refractivity contribution in [3.8, 4) is 0 Å². The Kier molecular flexibility index (Phi) is 7.10. The minimum absolute atomic E-state index is 0.000441. The van der Waals surface area contributed by atoms with Crippen LogP contribution in [0.2, 0.25) is 0 Å². The summed E-state index contributed by atoms with van der Waals surface area (Å²) < 4.78 is 6.24. The Labute approximate surface area is 240 Å². The van der Waals surface area contributed by atoms with E-state index < -0.39 is 5.41 Å². The van der Waals surface area contributed by atoms with E-state index in [2.05, 4.69) is 55.0 Å². The lowest BCUT2D eigenvalue weighted by atomic mass is 9.32. The molecule has 5 aliphatic rings. The van der Waals surface area contributed by atoms with E-state index >= 15 is 0 Å². The lowest BCUT2D eigenvalue weighted by Crippen LogP contribution is -2.66. The molecule has 0 heterocycles. The zero-order chi connectivity index (χ0) is 28.8. The van der Waals surface area contributed by atoms with Gasteiger partial charge in [-0.2, -0.15) is 0 Å². The number of esters is 1. The molecule has 5 aliphatic carbocycles. The predicted molar refractivity (Wildman–Crippen MR) is 160 cm³/mol. The maximum atomic E-state index is 13.1. The van der Waals surface area contributed by atoms with E-state index in [1.165, 1.54) is 63.4 Å². The Hall–Kier alpha value is -0.830. The maximum Gasteiger partial charge on any atom is 0.311 e. The molecule has 222 valence electrons. The monoisotopic (exact) mass is 540 g/mol. The number of carbonyl (C=O) groups excluding carboxylic acids is 1. The van der Waals surface area contributed by atoms with Gasteiger partial charge in [0.05, 0.1) is 18.1 Å². The standard InChI is InChI=1S/C36H60O3/c1-11-31(4,5)30(38)39-22-36-19-14-24(23(2)3)29(36)25-12-13-27-33(8)17-16-28(37)32(6,7)26(33)15-18-35(27,10)34(25,9)20-21-36/h24-29,37H,2,11-22H2,1,3-10H3. The number of hydrogen-bond donors (Lipinski definition) is 1. The van der Waals surface area contributed by atoms with Crippen molar-refractivity contribution in [2.75, 3.05) is 6.61 Å². The second-order valence-electron chi connectivity index (χ2n) is 17.2. The van der Waals surface area contributed by atoms with Crippen LogP contribution in [0.25, 0.3) is 0 Å². The number of allylic oxidation sites excluding steroid dienone is 1. The summed E-state index contributed by atoms with van der Waals surface area (Å²) in [6.45, 7) is 26.2. The molecule has 0 amide bonds. The summed E-state index contributed by atoms with van der Waals surface area (Å²) in [5.41, 5.74) is 1.95. The molecule has 39 heavy (non-hydrogen) atoms. The largest absolute Gasteiger partial charge is 0.465 e. The number of hydrogen-bond acceptors (Lipinski definition) is 3. The van der Waals surface area contributed by atoms with Crippen molar-refractivity contribution in [3.63, 3.8) is 0 Å². The molecule has 3 nitrogen and oxygen atoms in total. The molecule has 0 radical (unpaired) electrons. The quantitative estimate of drug-likeness (QED) is 0.279. The maximum absolute atomic E-state index is 13.1. The lowest BCUT2D eigenvalue weighted by molar-refractivity contribution is -0.250. The SMILES string of the molecule is C=C(C)C1CCC2(COC(=O)C(C)(C)CC)CCC3(C)C(CCC4C5(C)CCC(O)C(C)(C)C5CCC43C)C12. The fourth-order valence-corrected chi connectivity index (χ4v) is 12.1. The number of ether oxygens (including phenoxy) is 1. The molecule has 10 atom stereocenters. The molecule has 1 N–H and O–H groups in total. The van der Waals surface area contributed by atoms with Gasteiger partial charge in [0.1, 0.15) is 0 Å². The van der Waals surface area contributed by atoms with Gasteiger partial charge in [-0.05, 0) is 143 Å². The summed E-state index contributed by atoms with van der Waals surface area (Å²) in [5, 5.41) is 11.0. The molecule has 0 spiro atoms. The first-order valence-electron chi connectivity index (χ1n) is 16.5. The van der Waals surface area contributed by atoms with Gasteiger partial charge in [0.15, 0.2) is 0 Å². The van der Waals surface area contributed by atoms with Gasteiger partial charge in [0.25, 0.3) is 0 Å². The van der Waals surface area contributed by atoms with Gasteiger partial charge < -0.3 is 9.84 Å². The van der Waals surface area contributed by atoms with Crippen LogP contribution in [-0.2, 0) is 9.53 Å². The molecule has 5 saturated carbocycles. The van der Waals surface area contributed by atoms with E-state index in [-0.39, 0.29) is 22.9 Å². The zero-order valence-corrected chi connectivity index (χ0v) is 26.9. The van der Waals surface area contributed by atoms with Crippen LogP contribution in [0.15, 0.2) is 12.2 Å². The van der Waals surface area contributed by atoms with Crippen LogP contribution in [-0.4, -0.2) is 23.8 Å². The fourth-order valence-electron chi connectivity index (χ4n) is 12.1. The van der Waals surface area contributed by atoms with Crippen molar-refractivity contribution >= 4 is 5.97 Å². The Morgan fingerprint density at radius 3 is 2.23 bits per heavy atom. The Morgan fingerprint density at radius 1 is 0.897 bits per heavy atom. The second-order valence-corrected chi connectivity index (χ2v) is 17.2. The van der Waals surface area contributed by atoms with Crippen LogP contribution in [0.5, 0.6) is 0 Å². The van der Waals surface area contributed by atoms with Crippen LogP contribution in [0.1, 0.15) is 133 Å². The van der Waals surface area contributed by atoms with Crippen LogP contribution >= 0.6 is 0 Å². The summed E-state index contributed by atoms with van der Waals surface area (Å²) in [4.78, 5) is 13.1. The van der Waals surface area contributed by atoms with E-state index in [0.29, 0.717) is 46.5 Å². The van der Waals surface area contributed by atoms with Gasteiger partial charge in [0, 0.05) is 5.41 Å². The normalized spacial score (nSPS) is 48.8. The highest BCUT2D eigenvalue weighted by Crippen LogP contribution is 2.77. The predicted octanol–water partition coefficient (Wildman–Crippen LogP) is 8.98. The zero-order valence-electron chi connectivity index (χ0n) is 26.9. The molecule has 0 saturated heterocycles. The lowest BCUT2D eigenvalue weighted by Gasteiger charge is -2.73. The van der Waals surface area contributed by atoms with Gasteiger partial charge in [-0.3, -0.25) is 4.79 Å². The van der Waals surface area contributed by atoms with Crippen LogP contribution in [0.4, 0.5) is 0 Å². The van der Waals surface area contributed by atoms with Crippen LogP contribution < -0.4 is 0 Å². The molecule has 10 unspecified atom stereocenters. The number of fused-ring (bicyclic) bond motifs is 7. The van der Waals surface area contributed by atoms with Crippen molar-refractivity contribution < 1.29 is 14.6 Å². The first-order valence-corrected chi connectivity index (χ1v) is 16.5. The van der Waals surface area contributed by atoms with Gasteiger partial charge in [-0.25, -0.2) is 0 Å². The third-order valence-electron chi connectivity index (χ3n) is 15.1. The van der Waals surface area contributed by atoms with Crippen molar-refractivity contribution in [2.24, 2.45) is 62.1 Å². The molecular formula is C36H60O3. The summed E-state index contributed by atoms with van der Waals surface area (Å²) >= 11 is 0.